The van der Waals surface area contributed by atoms with Crippen molar-refractivity contribution in [2.24, 2.45) is 0 Å². The number of carbonyl (C=O) groups is 1. The van der Waals surface area contributed by atoms with Crippen molar-refractivity contribution in [3.8, 4) is 5.75 Å². The summed E-state index contributed by atoms with van der Waals surface area (Å²) in [5.41, 5.74) is 1.05. The Hall–Kier alpha value is -3.22. The average molecular weight is 493 g/mol. The molecule has 1 fully saturated rings. The summed E-state index contributed by atoms with van der Waals surface area (Å²) < 4.78 is 37.2. The van der Waals surface area contributed by atoms with E-state index in [9.17, 15) is 23.3 Å². The second kappa shape index (κ2) is 11.3. The van der Waals surface area contributed by atoms with Crippen molar-refractivity contribution in [2.75, 3.05) is 56.2 Å². The summed E-state index contributed by atoms with van der Waals surface area (Å²) in [5.74, 6) is -0.699. The first kappa shape index (κ1) is 25.4. The molecule has 0 atom stereocenters. The van der Waals surface area contributed by atoms with Crippen molar-refractivity contribution < 1.29 is 27.6 Å². The first-order valence-corrected chi connectivity index (χ1v) is 12.3. The van der Waals surface area contributed by atoms with Crippen LogP contribution in [0, 0.1) is 10.1 Å². The van der Waals surface area contributed by atoms with Gasteiger partial charge < -0.3 is 19.7 Å². The molecule has 0 unspecified atom stereocenters. The van der Waals surface area contributed by atoms with E-state index in [0.717, 1.165) is 24.8 Å². The summed E-state index contributed by atoms with van der Waals surface area (Å²) in [4.78, 5) is 25.1. The van der Waals surface area contributed by atoms with E-state index in [0.29, 0.717) is 18.9 Å². The van der Waals surface area contributed by atoms with Crippen molar-refractivity contribution in [1.29, 1.82) is 0 Å². The molecule has 0 aliphatic carbocycles. The van der Waals surface area contributed by atoms with E-state index in [1.54, 1.807) is 26.0 Å². The normalized spacial score (nSPS) is 14.1. The monoisotopic (exact) mass is 492 g/mol. The van der Waals surface area contributed by atoms with Gasteiger partial charge in [0.05, 0.1) is 23.0 Å². The van der Waals surface area contributed by atoms with Gasteiger partial charge in [0, 0.05) is 43.6 Å². The number of ether oxygens (including phenoxy) is 2. The van der Waals surface area contributed by atoms with Gasteiger partial charge in [-0.2, -0.15) is 4.31 Å². The van der Waals surface area contributed by atoms with Crippen LogP contribution in [0.1, 0.15) is 13.8 Å². The quantitative estimate of drug-likeness (QED) is 0.395. The largest absolute Gasteiger partial charge is 0.477 e. The first-order chi connectivity index (χ1) is 16.3. The molecular formula is C22H28N4O7S. The van der Waals surface area contributed by atoms with Gasteiger partial charge in [0.15, 0.2) is 12.4 Å². The number of hydrogen-bond acceptors (Lipinski definition) is 8. The molecule has 11 nitrogen and oxygen atoms in total. The second-order valence-electron chi connectivity index (χ2n) is 7.46. The Morgan fingerprint density at radius 3 is 2.38 bits per heavy atom. The van der Waals surface area contributed by atoms with E-state index < -0.39 is 33.1 Å². The Kier molecular flexibility index (Phi) is 8.42. The molecule has 34 heavy (non-hydrogen) atoms. The van der Waals surface area contributed by atoms with Gasteiger partial charge in [-0.05, 0) is 36.4 Å². The van der Waals surface area contributed by atoms with Gasteiger partial charge >= 0.3 is 5.69 Å². The number of benzene rings is 2. The molecule has 1 aliphatic heterocycles. The summed E-state index contributed by atoms with van der Waals surface area (Å²) in [6.07, 6.45) is 0. The molecule has 12 heteroatoms. The molecule has 0 saturated carbocycles. The Balaban J connectivity index is 1.65. The molecule has 1 heterocycles. The van der Waals surface area contributed by atoms with Gasteiger partial charge in [-0.1, -0.05) is 13.8 Å². The maximum atomic E-state index is 12.7. The number of morpholine rings is 1. The molecule has 0 bridgehead atoms. The van der Waals surface area contributed by atoms with Crippen LogP contribution in [-0.4, -0.2) is 69.6 Å². The van der Waals surface area contributed by atoms with Crippen molar-refractivity contribution >= 4 is 33.0 Å². The lowest BCUT2D eigenvalue weighted by molar-refractivity contribution is -0.386. The fourth-order valence-corrected chi connectivity index (χ4v) is 5.03. The molecule has 3 rings (SSSR count). The number of hydrogen-bond donors (Lipinski definition) is 1. The molecule has 0 radical (unpaired) electrons. The summed E-state index contributed by atoms with van der Waals surface area (Å²) in [6.45, 7) is 6.30. The highest BCUT2D eigenvalue weighted by atomic mass is 32.2. The number of sulfonamides is 1. The van der Waals surface area contributed by atoms with E-state index in [-0.39, 0.29) is 23.7 Å². The Labute approximate surface area is 198 Å². The molecule has 2 aromatic rings. The molecule has 1 saturated heterocycles. The third-order valence-electron chi connectivity index (χ3n) is 5.36. The zero-order valence-electron chi connectivity index (χ0n) is 19.1. The Morgan fingerprint density at radius 1 is 1.15 bits per heavy atom. The number of nitro groups is 1. The van der Waals surface area contributed by atoms with Crippen molar-refractivity contribution in [3.63, 3.8) is 0 Å². The highest BCUT2D eigenvalue weighted by Gasteiger charge is 2.26. The van der Waals surface area contributed by atoms with Crippen LogP contribution in [-0.2, 0) is 19.6 Å². The number of anilines is 2. The van der Waals surface area contributed by atoms with Crippen molar-refractivity contribution in [2.45, 2.75) is 18.7 Å². The highest BCUT2D eigenvalue weighted by molar-refractivity contribution is 7.89. The standard InChI is InChI=1S/C22H28N4O7S/c1-3-25(4-2)34(30,31)19-9-10-21(20(15-19)26(28)29)33-16-22(27)23-17-5-7-18(8-6-17)24-11-13-32-14-12-24/h5-10,15H,3-4,11-14,16H2,1-2H3,(H,23,27). The zero-order valence-corrected chi connectivity index (χ0v) is 19.9. The van der Waals surface area contributed by atoms with Gasteiger partial charge in [-0.15, -0.1) is 0 Å². The predicted octanol–water partition coefficient (Wildman–Crippen LogP) is 2.48. The number of nitro benzene ring substituents is 1. The van der Waals surface area contributed by atoms with Crippen LogP contribution in [0.15, 0.2) is 47.4 Å². The minimum atomic E-state index is -3.87. The number of nitrogens with zero attached hydrogens (tertiary/aromatic N) is 3. The van der Waals surface area contributed by atoms with Crippen LogP contribution >= 0.6 is 0 Å². The SMILES string of the molecule is CCN(CC)S(=O)(=O)c1ccc(OCC(=O)Nc2ccc(N3CCOCC3)cc2)c([N+](=O)[O-])c1. The Bertz CT molecular complexity index is 1110. The lowest BCUT2D eigenvalue weighted by atomic mass is 10.2. The van der Waals surface area contributed by atoms with Crippen LogP contribution in [0.3, 0.4) is 0 Å². The topological polar surface area (TPSA) is 131 Å². The number of carbonyl (C=O) groups excluding carboxylic acids is 1. The van der Waals surface area contributed by atoms with E-state index >= 15 is 0 Å². The zero-order chi connectivity index (χ0) is 24.7. The van der Waals surface area contributed by atoms with Crippen LogP contribution in [0.2, 0.25) is 0 Å². The lowest BCUT2D eigenvalue weighted by Gasteiger charge is -2.28. The molecule has 1 N–H and O–H groups in total. The summed E-state index contributed by atoms with van der Waals surface area (Å²) in [5, 5.41) is 14.2. The maximum Gasteiger partial charge on any atom is 0.312 e. The number of amides is 1. The van der Waals surface area contributed by atoms with Crippen LogP contribution in [0.25, 0.3) is 0 Å². The third-order valence-corrected chi connectivity index (χ3v) is 7.40. The lowest BCUT2D eigenvalue weighted by Crippen LogP contribution is -2.36. The molecule has 184 valence electrons. The summed E-state index contributed by atoms with van der Waals surface area (Å²) in [7, 11) is -3.87. The minimum absolute atomic E-state index is 0.193. The van der Waals surface area contributed by atoms with Crippen LogP contribution in [0.5, 0.6) is 5.75 Å². The molecule has 1 amide bonds. The first-order valence-electron chi connectivity index (χ1n) is 10.9. The van der Waals surface area contributed by atoms with E-state index in [1.807, 2.05) is 12.1 Å². The van der Waals surface area contributed by atoms with Gasteiger partial charge in [-0.25, -0.2) is 8.42 Å². The van der Waals surface area contributed by atoms with Crippen molar-refractivity contribution in [1.82, 2.24) is 4.31 Å². The summed E-state index contributed by atoms with van der Waals surface area (Å²) in [6, 6.07) is 10.7. The smallest absolute Gasteiger partial charge is 0.312 e. The molecule has 2 aromatic carbocycles. The molecule has 1 aliphatic rings. The summed E-state index contributed by atoms with van der Waals surface area (Å²) >= 11 is 0. The highest BCUT2D eigenvalue weighted by Crippen LogP contribution is 2.31. The average Bonchev–Trinajstić information content (AvgIpc) is 2.84. The minimum Gasteiger partial charge on any atom is -0.477 e. The van der Waals surface area contributed by atoms with Gasteiger partial charge in [-0.3, -0.25) is 14.9 Å². The maximum absolute atomic E-state index is 12.7. The predicted molar refractivity (Wildman–Crippen MR) is 127 cm³/mol. The molecule has 0 aromatic heterocycles. The van der Waals surface area contributed by atoms with E-state index in [1.165, 1.54) is 16.4 Å². The molecular weight excluding hydrogens is 464 g/mol. The second-order valence-corrected chi connectivity index (χ2v) is 9.40. The van der Waals surface area contributed by atoms with Gasteiger partial charge in [0.25, 0.3) is 5.91 Å². The molecule has 0 spiro atoms. The van der Waals surface area contributed by atoms with E-state index in [2.05, 4.69) is 10.2 Å². The third kappa shape index (κ3) is 6.01. The number of rotatable bonds is 10. The fourth-order valence-electron chi connectivity index (χ4n) is 3.55. The van der Waals surface area contributed by atoms with Crippen molar-refractivity contribution in [3.05, 3.63) is 52.6 Å². The van der Waals surface area contributed by atoms with Gasteiger partial charge in [0.1, 0.15) is 0 Å². The Morgan fingerprint density at radius 2 is 1.79 bits per heavy atom. The van der Waals surface area contributed by atoms with Crippen LogP contribution in [0.4, 0.5) is 17.1 Å². The van der Waals surface area contributed by atoms with Gasteiger partial charge in [0.2, 0.25) is 10.0 Å². The van der Waals surface area contributed by atoms with E-state index in [4.69, 9.17) is 9.47 Å². The fraction of sp³-hybridized carbons (Fsp3) is 0.409. The number of nitrogens with one attached hydrogen (secondary N) is 1. The van der Waals surface area contributed by atoms with Crippen LogP contribution < -0.4 is 15.0 Å².